The molecule has 0 unspecified atom stereocenters. The third kappa shape index (κ3) is 6.62. The van der Waals surface area contributed by atoms with Gasteiger partial charge < -0.3 is 14.8 Å². The van der Waals surface area contributed by atoms with Crippen LogP contribution in [0.25, 0.3) is 0 Å². The number of unbranched alkanes of at least 4 members (excludes halogenated alkanes) is 2. The molecule has 0 fully saturated rings. The summed E-state index contributed by atoms with van der Waals surface area (Å²) in [4.78, 5) is 7.67. The Balaban J connectivity index is 2.12. The first-order valence-corrected chi connectivity index (χ1v) is 9.01. The van der Waals surface area contributed by atoms with Crippen molar-refractivity contribution in [3.63, 3.8) is 0 Å². The minimum absolute atomic E-state index is 0.0377. The smallest absolute Gasteiger partial charge is 0.423 e. The number of nitrogens with one attached hydrogen (secondary N) is 1. The molecular weight excluding hydrogens is 359 g/mol. The molecule has 2 aromatic rings. The minimum Gasteiger partial charge on any atom is -0.494 e. The fourth-order valence-electron chi connectivity index (χ4n) is 2.24. The molecule has 0 atom stereocenters. The van der Waals surface area contributed by atoms with Crippen molar-refractivity contribution in [3.05, 3.63) is 36.0 Å². The third-order valence-electron chi connectivity index (χ3n) is 3.63. The van der Waals surface area contributed by atoms with Gasteiger partial charge in [0.2, 0.25) is 11.8 Å². The highest BCUT2D eigenvalue weighted by atomic mass is 19.4. The number of benzene rings is 1. The zero-order valence-electron chi connectivity index (χ0n) is 15.5. The molecular formula is C19H24F3N3O2. The molecule has 0 aliphatic rings. The van der Waals surface area contributed by atoms with Crippen molar-refractivity contribution in [1.29, 1.82) is 0 Å². The van der Waals surface area contributed by atoms with Crippen LogP contribution in [0.1, 0.15) is 45.1 Å². The van der Waals surface area contributed by atoms with E-state index < -0.39 is 17.6 Å². The largest absolute Gasteiger partial charge is 0.494 e. The number of rotatable bonds is 10. The summed E-state index contributed by atoms with van der Waals surface area (Å²) in [7, 11) is 0. The first-order chi connectivity index (χ1) is 12.9. The quantitative estimate of drug-likeness (QED) is 0.542. The van der Waals surface area contributed by atoms with Crippen molar-refractivity contribution >= 4 is 11.6 Å². The molecule has 0 amide bonds. The first kappa shape index (κ1) is 20.8. The third-order valence-corrected chi connectivity index (χ3v) is 3.63. The fraction of sp³-hybridized carbons (Fsp3) is 0.474. The number of hydrogen-bond acceptors (Lipinski definition) is 5. The molecule has 5 nitrogen and oxygen atoms in total. The van der Waals surface area contributed by atoms with E-state index in [1.54, 1.807) is 24.3 Å². The highest BCUT2D eigenvalue weighted by molar-refractivity contribution is 5.55. The molecule has 0 radical (unpaired) electrons. The number of aromatic nitrogens is 2. The van der Waals surface area contributed by atoms with Crippen molar-refractivity contribution in [3.8, 4) is 11.6 Å². The molecule has 0 saturated heterocycles. The second-order valence-corrected chi connectivity index (χ2v) is 5.96. The van der Waals surface area contributed by atoms with Crippen molar-refractivity contribution < 1.29 is 22.6 Å². The summed E-state index contributed by atoms with van der Waals surface area (Å²) in [5, 5.41) is 2.88. The Morgan fingerprint density at radius 3 is 2.33 bits per heavy atom. The van der Waals surface area contributed by atoms with Crippen LogP contribution in [-0.4, -0.2) is 23.2 Å². The van der Waals surface area contributed by atoms with Gasteiger partial charge in [-0.3, -0.25) is 0 Å². The Bertz CT molecular complexity index is 706. The molecule has 1 heterocycles. The van der Waals surface area contributed by atoms with E-state index in [0.717, 1.165) is 31.2 Å². The van der Waals surface area contributed by atoms with E-state index in [1.807, 2.05) is 13.8 Å². The number of ether oxygens (including phenoxy) is 2. The maximum Gasteiger partial charge on any atom is 0.423 e. The van der Waals surface area contributed by atoms with E-state index in [0.29, 0.717) is 18.7 Å². The molecule has 1 N–H and O–H groups in total. The molecule has 1 aromatic heterocycles. The number of anilines is 2. The van der Waals surface area contributed by atoms with Gasteiger partial charge in [0.1, 0.15) is 11.3 Å². The van der Waals surface area contributed by atoms with Gasteiger partial charge in [0, 0.05) is 11.9 Å². The van der Waals surface area contributed by atoms with Crippen LogP contribution in [0.2, 0.25) is 0 Å². The van der Waals surface area contributed by atoms with Gasteiger partial charge in [0.05, 0.1) is 13.2 Å². The van der Waals surface area contributed by atoms with Crippen molar-refractivity contribution in [2.45, 2.75) is 45.7 Å². The first-order valence-electron chi connectivity index (χ1n) is 9.01. The van der Waals surface area contributed by atoms with Gasteiger partial charge in [-0.05, 0) is 37.1 Å². The van der Waals surface area contributed by atoms with Gasteiger partial charge in [-0.1, -0.05) is 26.7 Å². The number of halogens is 3. The Hall–Kier alpha value is -2.51. The lowest BCUT2D eigenvalue weighted by atomic mass is 10.2. The molecule has 0 spiro atoms. The summed E-state index contributed by atoms with van der Waals surface area (Å²) >= 11 is 0. The summed E-state index contributed by atoms with van der Waals surface area (Å²) in [6.07, 6.45) is -0.436. The maximum atomic E-state index is 13.1. The van der Waals surface area contributed by atoms with Gasteiger partial charge in [-0.2, -0.15) is 18.2 Å². The maximum absolute atomic E-state index is 13.1. The van der Waals surface area contributed by atoms with Gasteiger partial charge in [0.25, 0.3) is 0 Å². The number of nitrogens with zero attached hydrogens (tertiary/aromatic N) is 2. The van der Waals surface area contributed by atoms with Crippen LogP contribution >= 0.6 is 0 Å². The standard InChI is InChI=1S/C19H24F3N3O2/c1-3-5-6-12-27-17-16(19(20,21)22)13-23-18(25-17)24-14-7-9-15(10-8-14)26-11-4-2/h7-10,13H,3-6,11-12H2,1-2H3,(H,23,24,25). The molecule has 148 valence electrons. The average molecular weight is 383 g/mol. The van der Waals surface area contributed by atoms with Gasteiger partial charge in [-0.25, -0.2) is 4.98 Å². The molecule has 0 bridgehead atoms. The van der Waals surface area contributed by atoms with E-state index in [2.05, 4.69) is 15.3 Å². The summed E-state index contributed by atoms with van der Waals surface area (Å²) in [6.45, 7) is 4.82. The highest BCUT2D eigenvalue weighted by Crippen LogP contribution is 2.35. The summed E-state index contributed by atoms with van der Waals surface area (Å²) in [5.74, 6) is 0.297. The molecule has 2 rings (SSSR count). The average Bonchev–Trinajstić information content (AvgIpc) is 2.64. The zero-order chi connectivity index (χ0) is 19.7. The highest BCUT2D eigenvalue weighted by Gasteiger charge is 2.36. The Kier molecular flexibility index (Phi) is 7.69. The molecule has 0 aliphatic carbocycles. The number of hydrogen-bond donors (Lipinski definition) is 1. The Labute approximate surface area is 156 Å². The summed E-state index contributed by atoms with van der Waals surface area (Å²) < 4.78 is 50.2. The van der Waals surface area contributed by atoms with E-state index in [1.165, 1.54) is 0 Å². The summed E-state index contributed by atoms with van der Waals surface area (Å²) in [5.41, 5.74) is -0.344. The monoisotopic (exact) mass is 383 g/mol. The van der Waals surface area contributed by atoms with Crippen LogP contribution < -0.4 is 14.8 Å². The van der Waals surface area contributed by atoms with E-state index in [-0.39, 0.29) is 12.6 Å². The van der Waals surface area contributed by atoms with Crippen LogP contribution in [0, 0.1) is 0 Å². The normalized spacial score (nSPS) is 11.3. The van der Waals surface area contributed by atoms with Crippen LogP contribution in [0.3, 0.4) is 0 Å². The lowest BCUT2D eigenvalue weighted by molar-refractivity contribution is -0.139. The van der Waals surface area contributed by atoms with Crippen LogP contribution in [-0.2, 0) is 6.18 Å². The topological polar surface area (TPSA) is 56.3 Å². The lowest BCUT2D eigenvalue weighted by Crippen LogP contribution is -2.13. The van der Waals surface area contributed by atoms with Gasteiger partial charge >= 0.3 is 6.18 Å². The van der Waals surface area contributed by atoms with Crippen molar-refractivity contribution in [1.82, 2.24) is 9.97 Å². The van der Waals surface area contributed by atoms with Gasteiger partial charge in [0.15, 0.2) is 0 Å². The second-order valence-electron chi connectivity index (χ2n) is 5.96. The summed E-state index contributed by atoms with van der Waals surface area (Å²) in [6, 6.07) is 7.02. The predicted octanol–water partition coefficient (Wildman–Crippen LogP) is 5.60. The van der Waals surface area contributed by atoms with Crippen LogP contribution in [0.15, 0.2) is 30.5 Å². The van der Waals surface area contributed by atoms with E-state index >= 15 is 0 Å². The predicted molar refractivity (Wildman–Crippen MR) is 97.6 cm³/mol. The molecule has 1 aromatic carbocycles. The number of alkyl halides is 3. The molecule has 0 aliphatic heterocycles. The SMILES string of the molecule is CCCCCOc1nc(Nc2ccc(OCCC)cc2)ncc1C(F)(F)F. The van der Waals surface area contributed by atoms with Crippen LogP contribution in [0.4, 0.5) is 24.8 Å². The lowest BCUT2D eigenvalue weighted by Gasteiger charge is -2.14. The fourth-order valence-corrected chi connectivity index (χ4v) is 2.24. The second kappa shape index (κ2) is 9.99. The molecule has 0 saturated carbocycles. The minimum atomic E-state index is -4.57. The van der Waals surface area contributed by atoms with E-state index in [9.17, 15) is 13.2 Å². The molecule has 27 heavy (non-hydrogen) atoms. The van der Waals surface area contributed by atoms with Gasteiger partial charge in [-0.15, -0.1) is 0 Å². The van der Waals surface area contributed by atoms with E-state index in [4.69, 9.17) is 9.47 Å². The molecule has 8 heteroatoms. The Morgan fingerprint density at radius 2 is 1.70 bits per heavy atom. The zero-order valence-corrected chi connectivity index (χ0v) is 15.5. The Morgan fingerprint density at radius 1 is 0.963 bits per heavy atom. The van der Waals surface area contributed by atoms with Crippen molar-refractivity contribution in [2.75, 3.05) is 18.5 Å². The van der Waals surface area contributed by atoms with Crippen LogP contribution in [0.5, 0.6) is 11.6 Å². The van der Waals surface area contributed by atoms with Crippen molar-refractivity contribution in [2.24, 2.45) is 0 Å².